The van der Waals surface area contributed by atoms with Gasteiger partial charge in [0.05, 0.1) is 6.61 Å². The molecule has 2 aromatic rings. The number of nitrogens with zero attached hydrogens (tertiary/aromatic N) is 2. The third-order valence-corrected chi connectivity index (χ3v) is 5.03. The molecule has 6 heteroatoms. The fourth-order valence-corrected chi connectivity index (χ4v) is 3.55. The number of carbonyl (C=O) groups is 2. The second-order valence-corrected chi connectivity index (χ2v) is 6.85. The van der Waals surface area contributed by atoms with Crippen molar-refractivity contribution in [3.8, 4) is 5.75 Å². The van der Waals surface area contributed by atoms with Crippen LogP contribution >= 0.6 is 0 Å². The van der Waals surface area contributed by atoms with Crippen LogP contribution in [0.15, 0.2) is 48.5 Å². The van der Waals surface area contributed by atoms with E-state index in [0.717, 1.165) is 29.8 Å². The molecule has 0 bridgehead atoms. The second kappa shape index (κ2) is 7.70. The molecular formula is C21H23N3O3. The van der Waals surface area contributed by atoms with Gasteiger partial charge >= 0.3 is 6.03 Å². The van der Waals surface area contributed by atoms with Gasteiger partial charge in [-0.15, -0.1) is 0 Å². The highest BCUT2D eigenvalue weighted by molar-refractivity contribution is 5.95. The smallest absolute Gasteiger partial charge is 0.321 e. The van der Waals surface area contributed by atoms with Gasteiger partial charge in [0.25, 0.3) is 5.91 Å². The van der Waals surface area contributed by atoms with E-state index in [1.165, 1.54) is 0 Å². The number of urea groups is 1. The minimum atomic E-state index is -0.120. The molecule has 3 amide bonds. The molecule has 1 saturated heterocycles. The summed E-state index contributed by atoms with van der Waals surface area (Å²) in [5.41, 5.74) is 2.57. The molecule has 27 heavy (non-hydrogen) atoms. The molecule has 140 valence electrons. The zero-order chi connectivity index (χ0) is 18.6. The van der Waals surface area contributed by atoms with Crippen molar-refractivity contribution in [2.75, 3.05) is 38.1 Å². The molecule has 0 saturated carbocycles. The van der Waals surface area contributed by atoms with Gasteiger partial charge in [-0.25, -0.2) is 4.79 Å². The maximum Gasteiger partial charge on any atom is 0.321 e. The molecule has 0 radical (unpaired) electrons. The van der Waals surface area contributed by atoms with Crippen LogP contribution in [-0.2, 0) is 6.42 Å². The van der Waals surface area contributed by atoms with E-state index >= 15 is 0 Å². The fourth-order valence-electron chi connectivity index (χ4n) is 3.55. The van der Waals surface area contributed by atoms with Crippen molar-refractivity contribution in [1.29, 1.82) is 0 Å². The van der Waals surface area contributed by atoms with Crippen molar-refractivity contribution in [3.05, 3.63) is 59.7 Å². The molecular weight excluding hydrogens is 342 g/mol. The molecule has 2 heterocycles. The Morgan fingerprint density at radius 2 is 1.70 bits per heavy atom. The molecule has 6 nitrogen and oxygen atoms in total. The van der Waals surface area contributed by atoms with Crippen LogP contribution in [0.25, 0.3) is 0 Å². The molecule has 2 aliphatic rings. The zero-order valence-corrected chi connectivity index (χ0v) is 15.2. The summed E-state index contributed by atoms with van der Waals surface area (Å²) < 4.78 is 5.51. The van der Waals surface area contributed by atoms with Crippen LogP contribution in [0.3, 0.4) is 0 Å². The van der Waals surface area contributed by atoms with Gasteiger partial charge < -0.3 is 19.9 Å². The summed E-state index contributed by atoms with van der Waals surface area (Å²) in [5, 5.41) is 2.91. The number of amides is 3. The van der Waals surface area contributed by atoms with E-state index in [-0.39, 0.29) is 11.9 Å². The third kappa shape index (κ3) is 3.89. The number of benzene rings is 2. The number of ether oxygens (including phenoxy) is 1. The summed E-state index contributed by atoms with van der Waals surface area (Å²) in [6, 6.07) is 15.0. The van der Waals surface area contributed by atoms with Crippen LogP contribution in [0.5, 0.6) is 5.75 Å². The predicted octanol–water partition coefficient (Wildman–Crippen LogP) is 3.00. The van der Waals surface area contributed by atoms with E-state index in [1.807, 2.05) is 53.4 Å². The Balaban J connectivity index is 1.38. The topological polar surface area (TPSA) is 61.9 Å². The van der Waals surface area contributed by atoms with Crippen molar-refractivity contribution in [2.45, 2.75) is 12.8 Å². The molecule has 0 spiro atoms. The number of anilines is 1. The summed E-state index contributed by atoms with van der Waals surface area (Å²) in [5.74, 6) is 0.904. The normalized spacial score (nSPS) is 16.3. The van der Waals surface area contributed by atoms with E-state index in [2.05, 4.69) is 5.32 Å². The first-order chi connectivity index (χ1) is 13.2. The lowest BCUT2D eigenvalue weighted by atomic mass is 10.1. The Morgan fingerprint density at radius 3 is 2.56 bits per heavy atom. The Hall–Kier alpha value is -3.02. The second-order valence-electron chi connectivity index (χ2n) is 6.85. The molecule has 4 rings (SSSR count). The lowest BCUT2D eigenvalue weighted by Gasteiger charge is -2.22. The molecule has 0 aromatic heterocycles. The highest BCUT2D eigenvalue weighted by Gasteiger charge is 2.24. The first kappa shape index (κ1) is 17.4. The molecule has 2 aromatic carbocycles. The summed E-state index contributed by atoms with van der Waals surface area (Å²) >= 11 is 0. The number of para-hydroxylation sites is 1. The maximum atomic E-state index is 12.9. The Morgan fingerprint density at radius 1 is 0.926 bits per heavy atom. The predicted molar refractivity (Wildman–Crippen MR) is 103 cm³/mol. The highest BCUT2D eigenvalue weighted by Crippen LogP contribution is 2.26. The largest absolute Gasteiger partial charge is 0.493 e. The average molecular weight is 365 g/mol. The summed E-state index contributed by atoms with van der Waals surface area (Å²) in [7, 11) is 0. The minimum Gasteiger partial charge on any atom is -0.493 e. The number of fused-ring (bicyclic) bond motifs is 1. The molecule has 0 aliphatic carbocycles. The van der Waals surface area contributed by atoms with Crippen LogP contribution in [0.2, 0.25) is 0 Å². The fraction of sp³-hybridized carbons (Fsp3) is 0.333. The van der Waals surface area contributed by atoms with Crippen molar-refractivity contribution >= 4 is 17.6 Å². The first-order valence-corrected chi connectivity index (χ1v) is 9.37. The van der Waals surface area contributed by atoms with Gasteiger partial charge in [0.1, 0.15) is 5.75 Å². The zero-order valence-electron chi connectivity index (χ0n) is 15.2. The Labute approximate surface area is 158 Å². The Bertz CT molecular complexity index is 838. The number of hydrogen-bond donors (Lipinski definition) is 1. The lowest BCUT2D eigenvalue weighted by Crippen LogP contribution is -2.39. The number of rotatable bonds is 2. The van der Waals surface area contributed by atoms with Gasteiger partial charge in [0, 0.05) is 43.9 Å². The van der Waals surface area contributed by atoms with Gasteiger partial charge in [0.2, 0.25) is 0 Å². The Kier molecular flexibility index (Phi) is 4.96. The molecule has 2 aliphatic heterocycles. The quantitative estimate of drug-likeness (QED) is 0.890. The molecule has 0 atom stereocenters. The van der Waals surface area contributed by atoms with E-state index in [1.54, 1.807) is 4.90 Å². The van der Waals surface area contributed by atoms with E-state index in [0.29, 0.717) is 38.3 Å². The van der Waals surface area contributed by atoms with Gasteiger partial charge in [-0.1, -0.05) is 18.2 Å². The summed E-state index contributed by atoms with van der Waals surface area (Å²) in [4.78, 5) is 29.0. The van der Waals surface area contributed by atoms with E-state index in [9.17, 15) is 9.59 Å². The van der Waals surface area contributed by atoms with Crippen molar-refractivity contribution in [3.63, 3.8) is 0 Å². The standard InChI is InChI=1S/C21H23N3O3/c25-20(17-7-8-19-16(15-17)9-14-27-19)23-10-4-11-24(13-12-23)21(26)22-18-5-2-1-3-6-18/h1-3,5-8,15H,4,9-14H2,(H,22,26). The monoisotopic (exact) mass is 365 g/mol. The van der Waals surface area contributed by atoms with Crippen molar-refractivity contribution in [2.24, 2.45) is 0 Å². The molecule has 1 N–H and O–H groups in total. The van der Waals surface area contributed by atoms with Crippen molar-refractivity contribution in [1.82, 2.24) is 9.80 Å². The summed E-state index contributed by atoms with van der Waals surface area (Å²) in [6.07, 6.45) is 1.62. The van der Waals surface area contributed by atoms with Crippen LogP contribution in [0.1, 0.15) is 22.3 Å². The van der Waals surface area contributed by atoms with Gasteiger partial charge in [-0.05, 0) is 42.3 Å². The van der Waals surface area contributed by atoms with E-state index in [4.69, 9.17) is 4.74 Å². The number of carbonyl (C=O) groups excluding carboxylic acids is 2. The van der Waals surface area contributed by atoms with Gasteiger partial charge in [0.15, 0.2) is 0 Å². The van der Waals surface area contributed by atoms with Crippen LogP contribution < -0.4 is 10.1 Å². The number of hydrogen-bond acceptors (Lipinski definition) is 3. The lowest BCUT2D eigenvalue weighted by molar-refractivity contribution is 0.0762. The van der Waals surface area contributed by atoms with Gasteiger partial charge in [-0.2, -0.15) is 0 Å². The third-order valence-electron chi connectivity index (χ3n) is 5.03. The molecule has 0 unspecified atom stereocenters. The molecule has 1 fully saturated rings. The van der Waals surface area contributed by atoms with Crippen LogP contribution in [-0.4, -0.2) is 54.5 Å². The minimum absolute atomic E-state index is 0.0232. The van der Waals surface area contributed by atoms with Crippen LogP contribution in [0.4, 0.5) is 10.5 Å². The van der Waals surface area contributed by atoms with Gasteiger partial charge in [-0.3, -0.25) is 4.79 Å². The SMILES string of the molecule is O=C(Nc1ccccc1)N1CCCN(C(=O)c2ccc3c(c2)CCO3)CC1. The number of nitrogens with one attached hydrogen (secondary N) is 1. The highest BCUT2D eigenvalue weighted by atomic mass is 16.5. The average Bonchev–Trinajstić information content (AvgIpc) is 3.02. The van der Waals surface area contributed by atoms with E-state index < -0.39 is 0 Å². The van der Waals surface area contributed by atoms with Crippen LogP contribution in [0, 0.1) is 0 Å². The summed E-state index contributed by atoms with van der Waals surface area (Å²) in [6.45, 7) is 3.04. The first-order valence-electron chi connectivity index (χ1n) is 9.37. The maximum absolute atomic E-state index is 12.9. The van der Waals surface area contributed by atoms with Crippen molar-refractivity contribution < 1.29 is 14.3 Å².